The second kappa shape index (κ2) is 11.0. The summed E-state index contributed by atoms with van der Waals surface area (Å²) in [6.07, 6.45) is -9.50. The van der Waals surface area contributed by atoms with Crippen molar-refractivity contribution >= 4 is 5.91 Å². The molecule has 1 amide bonds. The van der Waals surface area contributed by atoms with Crippen LogP contribution in [-0.2, 0) is 22.6 Å². The number of hydrogen-bond acceptors (Lipinski definition) is 3. The first kappa shape index (κ1) is 24.9. The predicted molar refractivity (Wildman–Crippen MR) is 124 cm³/mol. The van der Waals surface area contributed by atoms with Gasteiger partial charge >= 0.3 is 6.18 Å². The number of halogens is 4. The molecule has 8 heteroatoms. The van der Waals surface area contributed by atoms with Gasteiger partial charge in [0.05, 0.1) is 12.6 Å². The highest BCUT2D eigenvalue weighted by atomic mass is 19.4. The number of amides is 1. The summed E-state index contributed by atoms with van der Waals surface area (Å²) >= 11 is 0. The third-order valence-corrected chi connectivity index (χ3v) is 5.90. The second-order valence-corrected chi connectivity index (χ2v) is 8.51. The third-order valence-electron chi connectivity index (χ3n) is 5.90. The highest BCUT2D eigenvalue weighted by Gasteiger charge is 2.54. The fraction of sp³-hybridized carbons (Fsp3) is 0.296. The first-order valence-corrected chi connectivity index (χ1v) is 11.3. The van der Waals surface area contributed by atoms with Crippen LogP contribution in [0.3, 0.4) is 0 Å². The first-order valence-electron chi connectivity index (χ1n) is 11.3. The molecule has 0 N–H and O–H groups in total. The maximum Gasteiger partial charge on any atom is 0.433 e. The van der Waals surface area contributed by atoms with E-state index in [1.807, 2.05) is 60.7 Å². The van der Waals surface area contributed by atoms with Gasteiger partial charge in [0, 0.05) is 19.6 Å². The molecule has 1 fully saturated rings. The van der Waals surface area contributed by atoms with E-state index in [1.54, 1.807) is 35.2 Å². The molecule has 0 bridgehead atoms. The van der Waals surface area contributed by atoms with Crippen molar-refractivity contribution in [3.8, 4) is 0 Å². The fourth-order valence-corrected chi connectivity index (χ4v) is 4.29. The van der Waals surface area contributed by atoms with Crippen LogP contribution in [0.1, 0.15) is 22.7 Å². The van der Waals surface area contributed by atoms with Crippen molar-refractivity contribution in [3.63, 3.8) is 0 Å². The number of alkyl halides is 4. The van der Waals surface area contributed by atoms with Gasteiger partial charge in [0.15, 0.2) is 6.17 Å². The average Bonchev–Trinajstić information content (AvgIpc) is 3.31. The van der Waals surface area contributed by atoms with Crippen LogP contribution in [0.2, 0.25) is 0 Å². The van der Waals surface area contributed by atoms with Crippen molar-refractivity contribution in [1.29, 1.82) is 0 Å². The van der Waals surface area contributed by atoms with Gasteiger partial charge in [-0.25, -0.2) is 4.39 Å². The van der Waals surface area contributed by atoms with Crippen LogP contribution < -0.4 is 0 Å². The molecule has 0 aromatic heterocycles. The summed E-state index contributed by atoms with van der Waals surface area (Å²) < 4.78 is 61.6. The normalized spacial score (nSPS) is 19.2. The Morgan fingerprint density at radius 3 is 1.86 bits per heavy atom. The standard InChI is InChI=1S/C27H26F4N2O2/c28-23(18-32(16-20-10-4-1-5-11-20)17-21-12-6-2-7-13-21)25(34)33-24(22-14-8-3-9-15-22)19-35-26(33)27(29,30)31/h1-15,23-24,26H,16-19H2/t23-,24+,26+/m1/s1. The summed E-state index contributed by atoms with van der Waals surface area (Å²) in [5, 5.41) is 0. The number of benzene rings is 3. The van der Waals surface area contributed by atoms with Gasteiger partial charge in [-0.1, -0.05) is 91.0 Å². The second-order valence-electron chi connectivity index (χ2n) is 8.51. The minimum atomic E-state index is -4.84. The summed E-state index contributed by atoms with van der Waals surface area (Å²) in [6, 6.07) is 25.9. The number of nitrogens with zero attached hydrogens (tertiary/aromatic N) is 2. The molecule has 3 atom stereocenters. The molecular weight excluding hydrogens is 460 g/mol. The summed E-state index contributed by atoms with van der Waals surface area (Å²) in [5.74, 6) is -1.23. The first-order chi connectivity index (χ1) is 16.8. The van der Waals surface area contributed by atoms with Crippen molar-refractivity contribution in [2.45, 2.75) is 37.7 Å². The Balaban J connectivity index is 1.56. The van der Waals surface area contributed by atoms with Gasteiger partial charge in [0.1, 0.15) is 0 Å². The SMILES string of the molecule is O=C([C@H](F)CN(Cc1ccccc1)Cc1ccccc1)N1[C@H](C(F)(F)F)OC[C@H]1c1ccccc1. The van der Waals surface area contributed by atoms with Gasteiger partial charge in [-0.3, -0.25) is 14.6 Å². The van der Waals surface area contributed by atoms with E-state index in [2.05, 4.69) is 0 Å². The maximum atomic E-state index is 15.5. The van der Waals surface area contributed by atoms with Crippen LogP contribution in [0.4, 0.5) is 17.6 Å². The van der Waals surface area contributed by atoms with E-state index in [1.165, 1.54) is 0 Å². The molecule has 1 aliphatic rings. The molecule has 3 aromatic carbocycles. The molecule has 1 heterocycles. The zero-order chi connectivity index (χ0) is 24.8. The van der Waals surface area contributed by atoms with Gasteiger partial charge in [0.2, 0.25) is 6.23 Å². The van der Waals surface area contributed by atoms with Gasteiger partial charge in [-0.2, -0.15) is 13.2 Å². The van der Waals surface area contributed by atoms with E-state index in [0.29, 0.717) is 23.6 Å². The largest absolute Gasteiger partial charge is 0.433 e. The Morgan fingerprint density at radius 2 is 1.37 bits per heavy atom. The Labute approximate surface area is 201 Å². The van der Waals surface area contributed by atoms with Crippen LogP contribution in [0.15, 0.2) is 91.0 Å². The minimum Gasteiger partial charge on any atom is -0.347 e. The van der Waals surface area contributed by atoms with Crippen molar-refractivity contribution in [3.05, 3.63) is 108 Å². The van der Waals surface area contributed by atoms with Gasteiger partial charge in [0.25, 0.3) is 5.91 Å². The van der Waals surface area contributed by atoms with Crippen LogP contribution >= 0.6 is 0 Å². The molecule has 3 aromatic rings. The maximum absolute atomic E-state index is 15.5. The van der Waals surface area contributed by atoms with Crippen LogP contribution in [0, 0.1) is 0 Å². The van der Waals surface area contributed by atoms with E-state index >= 15 is 4.39 Å². The summed E-state index contributed by atoms with van der Waals surface area (Å²) in [4.78, 5) is 15.4. The zero-order valence-corrected chi connectivity index (χ0v) is 18.9. The lowest BCUT2D eigenvalue weighted by Crippen LogP contribution is -2.51. The fourth-order valence-electron chi connectivity index (χ4n) is 4.29. The number of ether oxygens (including phenoxy) is 1. The number of rotatable bonds is 8. The lowest BCUT2D eigenvalue weighted by atomic mass is 10.1. The van der Waals surface area contributed by atoms with Gasteiger partial charge < -0.3 is 4.74 Å². The quantitative estimate of drug-likeness (QED) is 0.394. The van der Waals surface area contributed by atoms with Crippen molar-refractivity contribution < 1.29 is 27.1 Å². The highest BCUT2D eigenvalue weighted by molar-refractivity contribution is 5.82. The molecule has 0 spiro atoms. The van der Waals surface area contributed by atoms with Crippen molar-refractivity contribution in [2.75, 3.05) is 13.2 Å². The summed E-state index contributed by atoms with van der Waals surface area (Å²) in [5.41, 5.74) is 2.27. The Hall–Kier alpha value is -3.23. The lowest BCUT2D eigenvalue weighted by Gasteiger charge is -2.32. The molecule has 184 valence electrons. The molecule has 4 nitrogen and oxygen atoms in total. The van der Waals surface area contributed by atoms with Crippen LogP contribution in [0.5, 0.6) is 0 Å². The van der Waals surface area contributed by atoms with Crippen molar-refractivity contribution in [1.82, 2.24) is 9.80 Å². The molecule has 0 aliphatic carbocycles. The Morgan fingerprint density at radius 1 is 0.886 bits per heavy atom. The van der Waals surface area contributed by atoms with Crippen LogP contribution in [-0.4, -0.2) is 47.4 Å². The molecule has 0 saturated carbocycles. The third kappa shape index (κ3) is 6.26. The molecule has 35 heavy (non-hydrogen) atoms. The number of carbonyl (C=O) groups excluding carboxylic acids is 1. The van der Waals surface area contributed by atoms with Gasteiger partial charge in [-0.05, 0) is 16.7 Å². The molecule has 0 radical (unpaired) electrons. The van der Waals surface area contributed by atoms with E-state index in [0.717, 1.165) is 11.1 Å². The number of hydrogen-bond donors (Lipinski definition) is 0. The Bertz CT molecular complexity index is 1040. The molecule has 1 saturated heterocycles. The minimum absolute atomic E-state index is 0.338. The molecule has 1 aliphatic heterocycles. The molecule has 0 unspecified atom stereocenters. The van der Waals surface area contributed by atoms with E-state index in [9.17, 15) is 18.0 Å². The zero-order valence-electron chi connectivity index (χ0n) is 18.9. The monoisotopic (exact) mass is 486 g/mol. The Kier molecular flexibility index (Phi) is 7.83. The van der Waals surface area contributed by atoms with Crippen LogP contribution in [0.25, 0.3) is 0 Å². The molecule has 4 rings (SSSR count). The van der Waals surface area contributed by atoms with E-state index in [-0.39, 0.29) is 13.2 Å². The smallest absolute Gasteiger partial charge is 0.347 e. The number of carbonyl (C=O) groups is 1. The summed E-state index contributed by atoms with van der Waals surface area (Å²) in [6.45, 7) is -0.0366. The van der Waals surface area contributed by atoms with E-state index in [4.69, 9.17) is 4.74 Å². The predicted octanol–water partition coefficient (Wildman–Crippen LogP) is 5.52. The summed E-state index contributed by atoms with van der Waals surface area (Å²) in [7, 11) is 0. The van der Waals surface area contributed by atoms with Crippen molar-refractivity contribution in [2.24, 2.45) is 0 Å². The average molecular weight is 487 g/mol. The lowest BCUT2D eigenvalue weighted by molar-refractivity contribution is -0.241. The topological polar surface area (TPSA) is 32.8 Å². The highest BCUT2D eigenvalue weighted by Crippen LogP contribution is 2.39. The molecular formula is C27H26F4N2O2. The van der Waals surface area contributed by atoms with Gasteiger partial charge in [-0.15, -0.1) is 0 Å². The van der Waals surface area contributed by atoms with E-state index < -0.39 is 30.5 Å².